The molecular weight excluding hydrogens is 380 g/mol. The van der Waals surface area contributed by atoms with E-state index in [1.165, 1.54) is 0 Å². The molecule has 3 aromatic rings. The van der Waals surface area contributed by atoms with E-state index in [4.69, 9.17) is 23.8 Å². The minimum absolute atomic E-state index is 0.0849. The van der Waals surface area contributed by atoms with Gasteiger partial charge in [-0.25, -0.2) is 0 Å². The molecule has 0 aliphatic heterocycles. The topological polar surface area (TPSA) is 62.7 Å². The van der Waals surface area contributed by atoms with Crippen LogP contribution in [0.25, 0.3) is 11.4 Å². The summed E-state index contributed by atoms with van der Waals surface area (Å²) in [4.78, 5) is 12.7. The van der Waals surface area contributed by atoms with Gasteiger partial charge >= 0.3 is 0 Å². The summed E-state index contributed by atoms with van der Waals surface area (Å²) in [6.07, 6.45) is 0.773. The van der Waals surface area contributed by atoms with Crippen molar-refractivity contribution in [2.75, 3.05) is 0 Å². The van der Waals surface area contributed by atoms with Crippen molar-refractivity contribution in [3.63, 3.8) is 0 Å². The van der Waals surface area contributed by atoms with Crippen LogP contribution >= 0.6 is 23.8 Å². The van der Waals surface area contributed by atoms with E-state index in [0.717, 1.165) is 23.1 Å². The van der Waals surface area contributed by atoms with Crippen molar-refractivity contribution in [1.82, 2.24) is 20.1 Å². The number of amides is 1. The number of benzene rings is 2. The summed E-state index contributed by atoms with van der Waals surface area (Å²) in [5.41, 5.74) is 3.05. The third-order valence-corrected chi connectivity index (χ3v) is 4.92. The monoisotopic (exact) mass is 400 g/mol. The average Bonchev–Trinajstić information content (AvgIpc) is 3.01. The second-order valence-corrected chi connectivity index (χ2v) is 7.21. The molecular formula is C20H21ClN4OS. The standard InChI is InChI=1S/C20H21ClN4OS/c1-3-17(14-7-9-16(21)10-8-14)22-18(26)12-25-19(23-24-20(25)27)15-6-4-5-13(2)11-15/h4-11,17H,3,12H2,1-2H3,(H,22,26)(H,24,27)/t17-/m0/s1. The first kappa shape index (κ1) is 19.3. The smallest absolute Gasteiger partial charge is 0.240 e. The zero-order valence-electron chi connectivity index (χ0n) is 15.2. The molecule has 27 heavy (non-hydrogen) atoms. The van der Waals surface area contributed by atoms with Crippen LogP contribution in [-0.2, 0) is 11.3 Å². The summed E-state index contributed by atoms with van der Waals surface area (Å²) >= 11 is 11.3. The van der Waals surface area contributed by atoms with Gasteiger partial charge in [-0.3, -0.25) is 14.5 Å². The maximum Gasteiger partial charge on any atom is 0.240 e. The Labute approximate surface area is 168 Å². The van der Waals surface area contributed by atoms with Crippen molar-refractivity contribution in [2.24, 2.45) is 0 Å². The summed E-state index contributed by atoms with van der Waals surface area (Å²) in [5, 5.41) is 10.8. The quantitative estimate of drug-likeness (QED) is 0.582. The number of rotatable bonds is 6. The van der Waals surface area contributed by atoms with Crippen LogP contribution in [0.3, 0.4) is 0 Å². The lowest BCUT2D eigenvalue weighted by molar-refractivity contribution is -0.122. The minimum atomic E-state index is -0.122. The predicted molar refractivity (Wildman–Crippen MR) is 110 cm³/mol. The van der Waals surface area contributed by atoms with Crippen molar-refractivity contribution >= 4 is 29.7 Å². The molecule has 1 amide bonds. The highest BCUT2D eigenvalue weighted by Crippen LogP contribution is 2.21. The van der Waals surface area contributed by atoms with Crippen LogP contribution in [0.4, 0.5) is 0 Å². The molecule has 0 saturated carbocycles. The molecule has 0 fully saturated rings. The Morgan fingerprint density at radius 1 is 1.30 bits per heavy atom. The third-order valence-electron chi connectivity index (χ3n) is 4.35. The normalized spacial score (nSPS) is 12.0. The molecule has 2 N–H and O–H groups in total. The van der Waals surface area contributed by atoms with Gasteiger partial charge in [0.15, 0.2) is 10.6 Å². The Kier molecular flexibility index (Phi) is 6.08. The number of aromatic amines is 1. The van der Waals surface area contributed by atoms with Crippen molar-refractivity contribution in [1.29, 1.82) is 0 Å². The highest BCUT2D eigenvalue weighted by molar-refractivity contribution is 7.71. The first-order valence-corrected chi connectivity index (χ1v) is 9.53. The maximum atomic E-state index is 12.7. The average molecular weight is 401 g/mol. The molecule has 0 aliphatic rings. The van der Waals surface area contributed by atoms with E-state index >= 15 is 0 Å². The lowest BCUT2D eigenvalue weighted by Gasteiger charge is -2.18. The molecule has 140 valence electrons. The molecule has 1 aromatic heterocycles. The summed E-state index contributed by atoms with van der Waals surface area (Å²) in [6.45, 7) is 4.14. The Balaban J connectivity index is 1.79. The van der Waals surface area contributed by atoms with Gasteiger partial charge in [0.2, 0.25) is 5.91 Å². The molecule has 3 rings (SSSR count). The van der Waals surface area contributed by atoms with Crippen molar-refractivity contribution < 1.29 is 4.79 Å². The number of aryl methyl sites for hydroxylation is 1. The summed E-state index contributed by atoms with van der Waals surface area (Å²) < 4.78 is 2.13. The Bertz CT molecular complexity index is 994. The lowest BCUT2D eigenvalue weighted by atomic mass is 10.0. The van der Waals surface area contributed by atoms with Crippen molar-refractivity contribution in [3.8, 4) is 11.4 Å². The van der Waals surface area contributed by atoms with Gasteiger partial charge in [0.25, 0.3) is 0 Å². The number of nitrogens with one attached hydrogen (secondary N) is 2. The zero-order valence-corrected chi connectivity index (χ0v) is 16.8. The Morgan fingerprint density at radius 3 is 2.70 bits per heavy atom. The van der Waals surface area contributed by atoms with Crippen molar-refractivity contribution in [2.45, 2.75) is 32.9 Å². The minimum Gasteiger partial charge on any atom is -0.348 e. The second kappa shape index (κ2) is 8.50. The van der Waals surface area contributed by atoms with E-state index < -0.39 is 0 Å². The van der Waals surface area contributed by atoms with Gasteiger partial charge in [-0.15, -0.1) is 0 Å². The molecule has 7 heteroatoms. The van der Waals surface area contributed by atoms with E-state index in [1.807, 2.05) is 62.4 Å². The van der Waals surface area contributed by atoms with Crippen molar-refractivity contribution in [3.05, 3.63) is 69.5 Å². The Morgan fingerprint density at radius 2 is 2.04 bits per heavy atom. The highest BCUT2D eigenvalue weighted by Gasteiger charge is 2.16. The largest absolute Gasteiger partial charge is 0.348 e. The van der Waals surface area contributed by atoms with Crippen LogP contribution < -0.4 is 5.32 Å². The number of halogens is 1. The molecule has 0 bridgehead atoms. The molecule has 5 nitrogen and oxygen atoms in total. The van der Waals surface area contributed by atoms with Gasteiger partial charge in [0, 0.05) is 10.6 Å². The van der Waals surface area contributed by atoms with E-state index in [2.05, 4.69) is 15.5 Å². The van der Waals surface area contributed by atoms with Crippen LogP contribution in [0.15, 0.2) is 48.5 Å². The van der Waals surface area contributed by atoms with Gasteiger partial charge in [-0.1, -0.05) is 54.4 Å². The van der Waals surface area contributed by atoms with E-state index in [9.17, 15) is 4.79 Å². The molecule has 2 aromatic carbocycles. The zero-order chi connectivity index (χ0) is 19.4. The van der Waals surface area contributed by atoms with Gasteiger partial charge < -0.3 is 5.32 Å². The number of hydrogen-bond acceptors (Lipinski definition) is 3. The third kappa shape index (κ3) is 4.64. The first-order valence-electron chi connectivity index (χ1n) is 8.75. The van der Waals surface area contributed by atoms with Gasteiger partial charge in [-0.2, -0.15) is 5.10 Å². The molecule has 1 heterocycles. The molecule has 0 aliphatic carbocycles. The predicted octanol–water partition coefficient (Wildman–Crippen LogP) is 4.84. The number of H-pyrrole nitrogens is 1. The van der Waals surface area contributed by atoms with Gasteiger partial charge in [0.05, 0.1) is 6.04 Å². The van der Waals surface area contributed by atoms with Crippen LogP contribution in [0.2, 0.25) is 5.02 Å². The fourth-order valence-electron chi connectivity index (χ4n) is 2.97. The summed E-state index contributed by atoms with van der Waals surface area (Å²) in [7, 11) is 0. The fourth-order valence-corrected chi connectivity index (χ4v) is 3.29. The van der Waals surface area contributed by atoms with Gasteiger partial charge in [0.1, 0.15) is 6.54 Å². The molecule has 0 spiro atoms. The fraction of sp³-hybridized carbons (Fsp3) is 0.250. The van der Waals surface area contributed by atoms with Crippen LogP contribution in [0.1, 0.15) is 30.5 Å². The number of carbonyl (C=O) groups is 1. The maximum absolute atomic E-state index is 12.7. The van der Waals surface area contributed by atoms with E-state index in [1.54, 1.807) is 4.57 Å². The molecule has 0 unspecified atom stereocenters. The first-order chi connectivity index (χ1) is 13.0. The SMILES string of the molecule is CC[C@H](NC(=O)Cn1c(-c2cccc(C)c2)n[nH]c1=S)c1ccc(Cl)cc1. The number of aromatic nitrogens is 3. The number of nitrogens with zero attached hydrogens (tertiary/aromatic N) is 2. The highest BCUT2D eigenvalue weighted by atomic mass is 35.5. The van der Waals surface area contributed by atoms with Crippen LogP contribution in [0.5, 0.6) is 0 Å². The summed E-state index contributed by atoms with van der Waals surface area (Å²) in [5.74, 6) is 0.529. The van der Waals surface area contributed by atoms with E-state index in [-0.39, 0.29) is 18.5 Å². The van der Waals surface area contributed by atoms with Gasteiger partial charge in [-0.05, 0) is 49.3 Å². The molecule has 0 radical (unpaired) electrons. The molecule has 0 saturated heterocycles. The lowest BCUT2D eigenvalue weighted by Crippen LogP contribution is -2.31. The van der Waals surface area contributed by atoms with Crippen LogP contribution in [0, 0.1) is 11.7 Å². The number of carbonyl (C=O) groups excluding carboxylic acids is 1. The molecule has 1 atom stereocenters. The summed E-state index contributed by atoms with van der Waals surface area (Å²) in [6, 6.07) is 15.4. The Hall–Kier alpha value is -2.44. The second-order valence-electron chi connectivity index (χ2n) is 6.39. The number of hydrogen-bond donors (Lipinski definition) is 2. The van der Waals surface area contributed by atoms with Crippen LogP contribution in [-0.4, -0.2) is 20.7 Å². The van der Waals surface area contributed by atoms with E-state index in [0.29, 0.717) is 15.6 Å².